The van der Waals surface area contributed by atoms with Crippen LogP contribution in [0.5, 0.6) is 0 Å². The second-order valence-corrected chi connectivity index (χ2v) is 7.12. The van der Waals surface area contributed by atoms with Crippen LogP contribution < -0.4 is 0 Å². The minimum atomic E-state index is -0.543. The van der Waals surface area contributed by atoms with Crippen LogP contribution in [0.1, 0.15) is 34.1 Å². The summed E-state index contributed by atoms with van der Waals surface area (Å²) in [5, 5.41) is 2.01. The van der Waals surface area contributed by atoms with Crippen molar-refractivity contribution in [2.24, 2.45) is 0 Å². The van der Waals surface area contributed by atoms with Gasteiger partial charge in [0.15, 0.2) is 6.61 Å². The third-order valence-electron chi connectivity index (χ3n) is 3.71. The van der Waals surface area contributed by atoms with Gasteiger partial charge in [-0.15, -0.1) is 11.3 Å². The van der Waals surface area contributed by atoms with E-state index >= 15 is 0 Å². The first-order valence-corrected chi connectivity index (χ1v) is 8.93. The molecular formula is C16H15BrN2O3S. The summed E-state index contributed by atoms with van der Waals surface area (Å²) < 4.78 is 5.83. The van der Waals surface area contributed by atoms with Gasteiger partial charge in [-0.2, -0.15) is 0 Å². The maximum Gasteiger partial charge on any atom is 0.340 e. The summed E-state index contributed by atoms with van der Waals surface area (Å²) in [6.45, 7) is 0.463. The highest BCUT2D eigenvalue weighted by Gasteiger charge is 2.31. The van der Waals surface area contributed by atoms with E-state index in [-0.39, 0.29) is 18.6 Å². The highest BCUT2D eigenvalue weighted by atomic mass is 79.9. The Kier molecular flexibility index (Phi) is 5.07. The van der Waals surface area contributed by atoms with Gasteiger partial charge in [0.05, 0.1) is 11.6 Å². The molecule has 1 unspecified atom stereocenters. The van der Waals surface area contributed by atoms with E-state index in [4.69, 9.17) is 4.74 Å². The molecule has 0 spiro atoms. The minimum absolute atomic E-state index is 0.105. The lowest BCUT2D eigenvalue weighted by atomic mass is 10.2. The Morgan fingerprint density at radius 1 is 1.43 bits per heavy atom. The third kappa shape index (κ3) is 3.79. The summed E-state index contributed by atoms with van der Waals surface area (Å²) in [5.74, 6) is -0.698. The Bertz CT molecular complexity index is 705. The maximum absolute atomic E-state index is 12.4. The van der Waals surface area contributed by atoms with Gasteiger partial charge in [0.25, 0.3) is 5.91 Å². The number of rotatable bonds is 4. The normalized spacial score (nSPS) is 17.3. The molecule has 1 atom stereocenters. The monoisotopic (exact) mass is 394 g/mol. The number of esters is 1. The largest absolute Gasteiger partial charge is 0.452 e. The van der Waals surface area contributed by atoms with Crippen LogP contribution >= 0.6 is 27.3 Å². The van der Waals surface area contributed by atoms with Crippen LogP contribution in [0.2, 0.25) is 0 Å². The molecule has 0 aliphatic carbocycles. The second kappa shape index (κ2) is 7.23. The molecule has 0 aromatic carbocycles. The van der Waals surface area contributed by atoms with Gasteiger partial charge in [-0.25, -0.2) is 4.79 Å². The number of likely N-dealkylation sites (tertiary alicyclic amines) is 1. The van der Waals surface area contributed by atoms with Crippen LogP contribution in [-0.2, 0) is 9.53 Å². The average molecular weight is 395 g/mol. The fourth-order valence-corrected chi connectivity index (χ4v) is 3.90. The number of aromatic nitrogens is 1. The van der Waals surface area contributed by atoms with Crippen molar-refractivity contribution in [2.45, 2.75) is 18.9 Å². The quantitative estimate of drug-likeness (QED) is 0.745. The van der Waals surface area contributed by atoms with E-state index in [0.29, 0.717) is 16.6 Å². The molecule has 1 amide bonds. The van der Waals surface area contributed by atoms with E-state index < -0.39 is 5.97 Å². The first kappa shape index (κ1) is 16.1. The molecule has 3 heterocycles. The van der Waals surface area contributed by atoms with E-state index in [1.54, 1.807) is 28.5 Å². The number of halogens is 1. The third-order valence-corrected chi connectivity index (χ3v) is 5.12. The summed E-state index contributed by atoms with van der Waals surface area (Å²) in [6.07, 6.45) is 4.92. The Morgan fingerprint density at radius 2 is 2.30 bits per heavy atom. The maximum atomic E-state index is 12.4. The van der Waals surface area contributed by atoms with Crippen molar-refractivity contribution in [2.75, 3.05) is 13.2 Å². The fourth-order valence-electron chi connectivity index (χ4n) is 2.66. The molecule has 1 fully saturated rings. The zero-order valence-electron chi connectivity index (χ0n) is 12.3. The van der Waals surface area contributed by atoms with Crippen molar-refractivity contribution in [1.82, 2.24) is 9.88 Å². The lowest BCUT2D eigenvalue weighted by Gasteiger charge is -2.23. The van der Waals surface area contributed by atoms with Gasteiger partial charge in [0.2, 0.25) is 0 Å². The molecule has 1 aliphatic heterocycles. The first-order chi connectivity index (χ1) is 11.1. The van der Waals surface area contributed by atoms with Crippen LogP contribution in [0.25, 0.3) is 0 Å². The molecule has 0 N–H and O–H groups in total. The highest BCUT2D eigenvalue weighted by molar-refractivity contribution is 9.10. The number of hydrogen-bond donors (Lipinski definition) is 0. The first-order valence-electron chi connectivity index (χ1n) is 7.25. The number of thiophene rings is 1. The molecule has 2 aromatic rings. The van der Waals surface area contributed by atoms with E-state index in [1.807, 2.05) is 17.5 Å². The number of nitrogens with zero attached hydrogens (tertiary/aromatic N) is 2. The zero-order valence-corrected chi connectivity index (χ0v) is 14.7. The summed E-state index contributed by atoms with van der Waals surface area (Å²) in [7, 11) is 0. The predicted molar refractivity (Wildman–Crippen MR) is 90.2 cm³/mol. The molecule has 23 heavy (non-hydrogen) atoms. The van der Waals surface area contributed by atoms with Gasteiger partial charge in [0.1, 0.15) is 0 Å². The molecule has 0 saturated carbocycles. The number of pyridine rings is 1. The van der Waals surface area contributed by atoms with E-state index in [2.05, 4.69) is 20.9 Å². The number of carbonyl (C=O) groups is 2. The summed E-state index contributed by atoms with van der Waals surface area (Å²) in [5.41, 5.74) is 0.323. The molecule has 0 radical (unpaired) electrons. The van der Waals surface area contributed by atoms with Gasteiger partial charge in [-0.3, -0.25) is 9.78 Å². The van der Waals surface area contributed by atoms with E-state index in [0.717, 1.165) is 12.8 Å². The minimum Gasteiger partial charge on any atom is -0.452 e. The van der Waals surface area contributed by atoms with Crippen molar-refractivity contribution in [3.05, 3.63) is 50.9 Å². The second-order valence-electron chi connectivity index (χ2n) is 5.23. The Hall–Kier alpha value is -1.73. The lowest BCUT2D eigenvalue weighted by Crippen LogP contribution is -2.34. The van der Waals surface area contributed by atoms with Gasteiger partial charge in [-0.05, 0) is 46.3 Å². The molecule has 1 aliphatic rings. The molecule has 3 rings (SSSR count). The predicted octanol–water partition coefficient (Wildman–Crippen LogP) is 3.43. The summed E-state index contributed by atoms with van der Waals surface area (Å²) in [6, 6.07) is 5.75. The molecule has 2 aromatic heterocycles. The van der Waals surface area contributed by atoms with E-state index in [1.165, 1.54) is 11.1 Å². The Balaban J connectivity index is 1.60. The van der Waals surface area contributed by atoms with Crippen molar-refractivity contribution < 1.29 is 14.3 Å². The lowest BCUT2D eigenvalue weighted by molar-refractivity contribution is -0.135. The Labute approximate surface area is 146 Å². The fraction of sp³-hybridized carbons (Fsp3) is 0.312. The van der Waals surface area contributed by atoms with Gasteiger partial charge >= 0.3 is 5.97 Å². The van der Waals surface area contributed by atoms with Crippen molar-refractivity contribution >= 4 is 39.1 Å². The van der Waals surface area contributed by atoms with Gasteiger partial charge < -0.3 is 9.64 Å². The topological polar surface area (TPSA) is 59.5 Å². The molecule has 120 valence electrons. The van der Waals surface area contributed by atoms with Crippen LogP contribution in [0, 0.1) is 0 Å². The SMILES string of the molecule is O=C(OCC(=O)N1CCCC1c1cccs1)c1cncc(Br)c1. The van der Waals surface area contributed by atoms with Crippen molar-refractivity contribution in [3.8, 4) is 0 Å². The van der Waals surface area contributed by atoms with E-state index in [9.17, 15) is 9.59 Å². The number of carbonyl (C=O) groups excluding carboxylic acids is 2. The number of ether oxygens (including phenoxy) is 1. The smallest absolute Gasteiger partial charge is 0.340 e. The molecule has 1 saturated heterocycles. The highest BCUT2D eigenvalue weighted by Crippen LogP contribution is 2.34. The van der Waals surface area contributed by atoms with Crippen LogP contribution in [0.15, 0.2) is 40.4 Å². The van der Waals surface area contributed by atoms with Gasteiger partial charge in [-0.1, -0.05) is 6.07 Å². The average Bonchev–Trinajstić information content (AvgIpc) is 3.22. The van der Waals surface area contributed by atoms with Crippen LogP contribution in [0.4, 0.5) is 0 Å². The van der Waals surface area contributed by atoms with Crippen molar-refractivity contribution in [1.29, 1.82) is 0 Å². The molecular weight excluding hydrogens is 380 g/mol. The molecule has 5 nitrogen and oxygen atoms in total. The number of hydrogen-bond acceptors (Lipinski definition) is 5. The van der Waals surface area contributed by atoms with Crippen LogP contribution in [0.3, 0.4) is 0 Å². The zero-order chi connectivity index (χ0) is 16.2. The van der Waals surface area contributed by atoms with Gasteiger partial charge in [0, 0.05) is 28.3 Å². The number of amides is 1. The summed E-state index contributed by atoms with van der Waals surface area (Å²) in [4.78, 5) is 31.3. The van der Waals surface area contributed by atoms with Crippen molar-refractivity contribution in [3.63, 3.8) is 0 Å². The molecule has 7 heteroatoms. The standard InChI is InChI=1S/C16H15BrN2O3S/c17-12-7-11(8-18-9-12)16(21)22-10-15(20)19-5-1-3-13(19)14-4-2-6-23-14/h2,4,6-9,13H,1,3,5,10H2. The summed E-state index contributed by atoms with van der Waals surface area (Å²) >= 11 is 4.90. The Morgan fingerprint density at radius 3 is 3.04 bits per heavy atom. The van der Waals surface area contributed by atoms with Crippen LogP contribution in [-0.4, -0.2) is 34.9 Å². The molecule has 0 bridgehead atoms.